The second-order valence-corrected chi connectivity index (χ2v) is 6.26. The smallest absolute Gasteiger partial charge is 0.359 e. The normalized spacial score (nSPS) is 13.5. The van der Waals surface area contributed by atoms with Crippen LogP contribution >= 0.6 is 0 Å². The van der Waals surface area contributed by atoms with Gasteiger partial charge >= 0.3 is 6.18 Å². The minimum atomic E-state index is -4.52. The molecule has 0 aliphatic heterocycles. The summed E-state index contributed by atoms with van der Waals surface area (Å²) in [7, 11) is -3.48. The second-order valence-electron chi connectivity index (χ2n) is 4.51. The highest BCUT2D eigenvalue weighted by atomic mass is 32.2. The van der Waals surface area contributed by atoms with Crippen LogP contribution in [0.5, 0.6) is 0 Å². The Morgan fingerprint density at radius 2 is 1.91 bits per heavy atom. The molecule has 0 aliphatic rings. The number of hydrogen-bond acceptors (Lipinski definition) is 4. The number of hydrogen-bond donors (Lipinski definition) is 2. The highest BCUT2D eigenvalue weighted by Crippen LogP contribution is 2.18. The molecule has 0 heterocycles. The first-order valence-corrected chi connectivity index (χ1v) is 7.92. The SMILES string of the molecule is CC(OCC(F)(F)F)C(=O)Nc1cccc(NS(C)(=O)=O)c1. The van der Waals surface area contributed by atoms with Crippen molar-refractivity contribution in [2.24, 2.45) is 0 Å². The fraction of sp³-hybridized carbons (Fsp3) is 0.417. The summed E-state index contributed by atoms with van der Waals surface area (Å²) in [5, 5.41) is 2.34. The van der Waals surface area contributed by atoms with Crippen LogP contribution in [0, 0.1) is 0 Å². The van der Waals surface area contributed by atoms with Gasteiger partial charge in [-0.25, -0.2) is 8.42 Å². The molecular weight excluding hydrogens is 325 g/mol. The third-order valence-electron chi connectivity index (χ3n) is 2.30. The maximum atomic E-state index is 12.0. The number of nitrogens with one attached hydrogen (secondary N) is 2. The molecule has 10 heteroatoms. The van der Waals surface area contributed by atoms with Gasteiger partial charge in [-0.15, -0.1) is 0 Å². The first kappa shape index (κ1) is 18.2. The van der Waals surface area contributed by atoms with E-state index in [-0.39, 0.29) is 11.4 Å². The Morgan fingerprint density at radius 1 is 1.32 bits per heavy atom. The quantitative estimate of drug-likeness (QED) is 0.829. The maximum absolute atomic E-state index is 12.0. The highest BCUT2D eigenvalue weighted by molar-refractivity contribution is 7.92. The van der Waals surface area contributed by atoms with Crippen molar-refractivity contribution in [3.05, 3.63) is 24.3 Å². The second kappa shape index (κ2) is 6.97. The molecule has 2 N–H and O–H groups in total. The van der Waals surface area contributed by atoms with E-state index in [9.17, 15) is 26.4 Å². The first-order valence-electron chi connectivity index (χ1n) is 6.03. The van der Waals surface area contributed by atoms with E-state index < -0.39 is 34.8 Å². The van der Waals surface area contributed by atoms with Crippen LogP contribution in [-0.2, 0) is 19.6 Å². The van der Waals surface area contributed by atoms with Crippen molar-refractivity contribution >= 4 is 27.3 Å². The predicted molar refractivity (Wildman–Crippen MR) is 75.0 cm³/mol. The number of rotatable bonds is 6. The van der Waals surface area contributed by atoms with Gasteiger partial charge in [-0.05, 0) is 25.1 Å². The zero-order valence-corrected chi connectivity index (χ0v) is 12.6. The molecule has 0 saturated heterocycles. The lowest BCUT2D eigenvalue weighted by atomic mass is 10.2. The molecule has 0 aromatic heterocycles. The molecule has 0 aliphatic carbocycles. The van der Waals surface area contributed by atoms with E-state index in [1.807, 2.05) is 0 Å². The standard InChI is InChI=1S/C12H15F3N2O4S/c1-8(21-7-12(13,14)15)11(18)16-9-4-3-5-10(6-9)17-22(2,19)20/h3-6,8,17H,7H2,1-2H3,(H,16,18). The van der Waals surface area contributed by atoms with Crippen LogP contribution < -0.4 is 10.0 Å². The number of alkyl halides is 3. The zero-order valence-electron chi connectivity index (χ0n) is 11.8. The average molecular weight is 340 g/mol. The van der Waals surface area contributed by atoms with E-state index in [1.54, 1.807) is 0 Å². The third-order valence-corrected chi connectivity index (χ3v) is 2.91. The Bertz CT molecular complexity index is 632. The molecule has 1 rings (SSSR count). The molecule has 0 spiro atoms. The molecule has 0 saturated carbocycles. The summed E-state index contributed by atoms with van der Waals surface area (Å²) in [5.74, 6) is -0.777. The fourth-order valence-electron chi connectivity index (χ4n) is 1.41. The van der Waals surface area contributed by atoms with Gasteiger partial charge in [-0.1, -0.05) is 6.07 Å². The number of anilines is 2. The first-order chi connectivity index (χ1) is 9.96. The summed E-state index contributed by atoms with van der Waals surface area (Å²) in [6.45, 7) is -0.350. The molecule has 1 aromatic rings. The Balaban J connectivity index is 2.66. The van der Waals surface area contributed by atoms with Crippen molar-refractivity contribution in [3.8, 4) is 0 Å². The van der Waals surface area contributed by atoms with E-state index in [0.29, 0.717) is 0 Å². The Labute approximate surface area is 125 Å². The van der Waals surface area contributed by atoms with Gasteiger partial charge in [0.25, 0.3) is 5.91 Å². The van der Waals surface area contributed by atoms with Gasteiger partial charge < -0.3 is 10.1 Å². The van der Waals surface area contributed by atoms with Crippen LogP contribution in [0.15, 0.2) is 24.3 Å². The summed E-state index contributed by atoms with van der Waals surface area (Å²) in [6.07, 6.45) is -4.87. The number of ether oxygens (including phenoxy) is 1. The summed E-state index contributed by atoms with van der Waals surface area (Å²) >= 11 is 0. The number of sulfonamides is 1. The summed E-state index contributed by atoms with van der Waals surface area (Å²) < 4.78 is 64.8. The van der Waals surface area contributed by atoms with Crippen LogP contribution in [0.2, 0.25) is 0 Å². The Hall–Kier alpha value is -1.81. The maximum Gasteiger partial charge on any atom is 0.411 e. The largest absolute Gasteiger partial charge is 0.411 e. The third kappa shape index (κ3) is 7.27. The lowest BCUT2D eigenvalue weighted by Gasteiger charge is -2.15. The van der Waals surface area contributed by atoms with Crippen molar-refractivity contribution in [1.29, 1.82) is 0 Å². The summed E-state index contributed by atoms with van der Waals surface area (Å²) in [5.41, 5.74) is 0.435. The molecule has 6 nitrogen and oxygen atoms in total. The topological polar surface area (TPSA) is 84.5 Å². The Kier molecular flexibility index (Phi) is 5.78. The monoisotopic (exact) mass is 340 g/mol. The van der Waals surface area contributed by atoms with Crippen LogP contribution in [0.3, 0.4) is 0 Å². The molecule has 1 aromatic carbocycles. The molecule has 22 heavy (non-hydrogen) atoms. The molecule has 1 atom stereocenters. The minimum Gasteiger partial charge on any atom is -0.359 e. The van der Waals surface area contributed by atoms with E-state index in [0.717, 1.165) is 6.26 Å². The van der Waals surface area contributed by atoms with Gasteiger partial charge in [0.1, 0.15) is 12.7 Å². The van der Waals surface area contributed by atoms with Crippen molar-refractivity contribution in [2.45, 2.75) is 19.2 Å². The van der Waals surface area contributed by atoms with Crippen LogP contribution in [0.25, 0.3) is 0 Å². The average Bonchev–Trinajstić information content (AvgIpc) is 2.33. The molecule has 124 valence electrons. The van der Waals surface area contributed by atoms with Gasteiger partial charge in [0.05, 0.1) is 11.9 Å². The number of benzene rings is 1. The van der Waals surface area contributed by atoms with E-state index >= 15 is 0 Å². The van der Waals surface area contributed by atoms with E-state index in [2.05, 4.69) is 14.8 Å². The van der Waals surface area contributed by atoms with Crippen molar-refractivity contribution in [1.82, 2.24) is 0 Å². The number of carbonyl (C=O) groups is 1. The zero-order chi connectivity index (χ0) is 17.0. The van der Waals surface area contributed by atoms with Gasteiger partial charge in [0, 0.05) is 5.69 Å². The van der Waals surface area contributed by atoms with Gasteiger partial charge in [0.15, 0.2) is 0 Å². The number of carbonyl (C=O) groups excluding carboxylic acids is 1. The summed E-state index contributed by atoms with van der Waals surface area (Å²) in [6, 6.07) is 5.72. The lowest BCUT2D eigenvalue weighted by molar-refractivity contribution is -0.184. The molecule has 1 amide bonds. The molecular formula is C12H15F3N2O4S. The van der Waals surface area contributed by atoms with Gasteiger partial charge in [0.2, 0.25) is 10.0 Å². The molecule has 0 bridgehead atoms. The van der Waals surface area contributed by atoms with Gasteiger partial charge in [-0.3, -0.25) is 9.52 Å². The lowest BCUT2D eigenvalue weighted by Crippen LogP contribution is -2.31. The molecule has 1 unspecified atom stereocenters. The van der Waals surface area contributed by atoms with Crippen molar-refractivity contribution in [2.75, 3.05) is 22.9 Å². The van der Waals surface area contributed by atoms with Crippen LogP contribution in [-0.4, -0.2) is 39.5 Å². The Morgan fingerprint density at radius 3 is 2.45 bits per heavy atom. The van der Waals surface area contributed by atoms with Crippen LogP contribution in [0.4, 0.5) is 24.5 Å². The minimum absolute atomic E-state index is 0.212. The highest BCUT2D eigenvalue weighted by Gasteiger charge is 2.29. The summed E-state index contributed by atoms with van der Waals surface area (Å²) in [4.78, 5) is 11.7. The molecule has 0 fully saturated rings. The van der Waals surface area contributed by atoms with E-state index in [1.165, 1.54) is 31.2 Å². The predicted octanol–water partition coefficient (Wildman–Crippen LogP) is 1.96. The van der Waals surface area contributed by atoms with Crippen molar-refractivity contribution < 1.29 is 31.1 Å². The van der Waals surface area contributed by atoms with Crippen LogP contribution in [0.1, 0.15) is 6.92 Å². The number of halogens is 3. The molecule has 0 radical (unpaired) electrons. The number of amides is 1. The van der Waals surface area contributed by atoms with E-state index in [4.69, 9.17) is 0 Å². The fourth-order valence-corrected chi connectivity index (χ4v) is 1.97. The van der Waals surface area contributed by atoms with Gasteiger partial charge in [-0.2, -0.15) is 13.2 Å². The van der Waals surface area contributed by atoms with Crippen molar-refractivity contribution in [3.63, 3.8) is 0 Å².